The summed E-state index contributed by atoms with van der Waals surface area (Å²) in [6.45, 7) is 1.58. The van der Waals surface area contributed by atoms with Gasteiger partial charge in [0.05, 0.1) is 15.1 Å². The number of hydrogen-bond acceptors (Lipinski definition) is 5. The second-order valence-electron chi connectivity index (χ2n) is 5.14. The lowest BCUT2D eigenvalue weighted by molar-refractivity contribution is 0.382. The second-order valence-corrected chi connectivity index (χ2v) is 8.26. The normalized spacial score (nSPS) is 16.4. The Balaban J connectivity index is 1.79. The predicted octanol–water partition coefficient (Wildman–Crippen LogP) is 2.95. The number of anilines is 1. The van der Waals surface area contributed by atoms with E-state index in [2.05, 4.69) is 9.97 Å². The van der Waals surface area contributed by atoms with Gasteiger partial charge in [0, 0.05) is 38.6 Å². The number of hydrogen-bond donors (Lipinski definition) is 0. The van der Waals surface area contributed by atoms with Gasteiger partial charge in [0.15, 0.2) is 0 Å². The summed E-state index contributed by atoms with van der Waals surface area (Å²) >= 11 is 17.8. The van der Waals surface area contributed by atoms with Crippen LogP contribution in [-0.4, -0.2) is 48.9 Å². The molecule has 24 heavy (non-hydrogen) atoms. The first-order chi connectivity index (χ1) is 11.4. The standard InChI is InChI=1S/C14H13Cl3N4O2S/c15-10-8-12(17)13(9-11(10)16)24(22,23)21-6-4-20(5-7-21)14-18-2-1-3-19-14/h1-3,8-9H,4-7H2. The lowest BCUT2D eigenvalue weighted by atomic mass is 10.4. The van der Waals surface area contributed by atoms with Crippen molar-refractivity contribution >= 4 is 50.8 Å². The fourth-order valence-corrected chi connectivity index (χ4v) is 4.82. The summed E-state index contributed by atoms with van der Waals surface area (Å²) in [5, 5.41) is 0.417. The summed E-state index contributed by atoms with van der Waals surface area (Å²) < 4.78 is 27.0. The van der Waals surface area contributed by atoms with E-state index in [1.165, 1.54) is 16.4 Å². The van der Waals surface area contributed by atoms with Crippen LogP contribution in [0.15, 0.2) is 35.5 Å². The minimum Gasteiger partial charge on any atom is -0.338 e. The van der Waals surface area contributed by atoms with Crippen LogP contribution >= 0.6 is 34.8 Å². The number of aromatic nitrogens is 2. The highest BCUT2D eigenvalue weighted by Gasteiger charge is 2.31. The van der Waals surface area contributed by atoms with Crippen molar-refractivity contribution in [3.05, 3.63) is 45.7 Å². The molecule has 128 valence electrons. The number of benzene rings is 1. The van der Waals surface area contributed by atoms with Crippen LogP contribution in [0.25, 0.3) is 0 Å². The van der Waals surface area contributed by atoms with Gasteiger partial charge in [-0.1, -0.05) is 34.8 Å². The maximum Gasteiger partial charge on any atom is 0.244 e. The van der Waals surface area contributed by atoms with Crippen LogP contribution in [0.1, 0.15) is 0 Å². The first-order valence-electron chi connectivity index (χ1n) is 7.06. The molecule has 1 saturated heterocycles. The second kappa shape index (κ2) is 7.01. The summed E-state index contributed by atoms with van der Waals surface area (Å²) in [4.78, 5) is 10.2. The Bertz CT molecular complexity index is 841. The van der Waals surface area contributed by atoms with Crippen molar-refractivity contribution in [1.29, 1.82) is 0 Å². The molecule has 0 aliphatic carbocycles. The van der Waals surface area contributed by atoms with Gasteiger partial charge in [0.2, 0.25) is 16.0 Å². The third-order valence-corrected chi connectivity index (χ3v) is 6.75. The van der Waals surface area contributed by atoms with Gasteiger partial charge < -0.3 is 4.90 Å². The molecule has 1 aromatic carbocycles. The molecule has 0 saturated carbocycles. The molecule has 0 bridgehead atoms. The van der Waals surface area contributed by atoms with Crippen molar-refractivity contribution in [2.45, 2.75) is 4.90 Å². The molecule has 1 aromatic heterocycles. The Hall–Kier alpha value is -1.12. The van der Waals surface area contributed by atoms with Crippen LogP contribution in [0.4, 0.5) is 5.95 Å². The van der Waals surface area contributed by atoms with Crippen LogP contribution in [-0.2, 0) is 10.0 Å². The number of piperazine rings is 1. The summed E-state index contributed by atoms with van der Waals surface area (Å²) in [5.41, 5.74) is 0. The third kappa shape index (κ3) is 3.45. The van der Waals surface area contributed by atoms with Crippen molar-refractivity contribution in [2.24, 2.45) is 0 Å². The molecule has 0 radical (unpaired) electrons. The van der Waals surface area contributed by atoms with Crippen LogP contribution in [0.5, 0.6) is 0 Å². The molecule has 2 heterocycles. The first kappa shape index (κ1) is 17.7. The van der Waals surface area contributed by atoms with E-state index in [0.29, 0.717) is 32.1 Å². The van der Waals surface area contributed by atoms with Crippen LogP contribution in [0.2, 0.25) is 15.1 Å². The lowest BCUT2D eigenvalue weighted by Gasteiger charge is -2.34. The van der Waals surface area contributed by atoms with Gasteiger partial charge in [-0.2, -0.15) is 4.31 Å². The molecular formula is C14H13Cl3N4O2S. The Morgan fingerprint density at radius 3 is 2.08 bits per heavy atom. The number of rotatable bonds is 3. The van der Waals surface area contributed by atoms with Gasteiger partial charge in [0.1, 0.15) is 4.90 Å². The van der Waals surface area contributed by atoms with E-state index in [1.807, 2.05) is 4.90 Å². The summed E-state index contributed by atoms with van der Waals surface area (Å²) in [7, 11) is -3.75. The van der Waals surface area contributed by atoms with Gasteiger partial charge >= 0.3 is 0 Å². The zero-order chi connectivity index (χ0) is 17.3. The Morgan fingerprint density at radius 2 is 1.46 bits per heavy atom. The molecular weight excluding hydrogens is 395 g/mol. The Morgan fingerprint density at radius 1 is 0.875 bits per heavy atom. The average Bonchev–Trinajstić information content (AvgIpc) is 2.59. The average molecular weight is 408 g/mol. The molecule has 0 spiro atoms. The van der Waals surface area contributed by atoms with Crippen molar-refractivity contribution in [3.8, 4) is 0 Å². The largest absolute Gasteiger partial charge is 0.338 e. The highest BCUT2D eigenvalue weighted by atomic mass is 35.5. The van der Waals surface area contributed by atoms with Gasteiger partial charge in [-0.05, 0) is 18.2 Å². The van der Waals surface area contributed by atoms with E-state index in [4.69, 9.17) is 34.8 Å². The van der Waals surface area contributed by atoms with Crippen molar-refractivity contribution < 1.29 is 8.42 Å². The van der Waals surface area contributed by atoms with Gasteiger partial charge in [0.25, 0.3) is 0 Å². The monoisotopic (exact) mass is 406 g/mol. The molecule has 1 fully saturated rings. The lowest BCUT2D eigenvalue weighted by Crippen LogP contribution is -2.49. The summed E-state index contributed by atoms with van der Waals surface area (Å²) in [6, 6.07) is 4.36. The van der Waals surface area contributed by atoms with Crippen molar-refractivity contribution in [3.63, 3.8) is 0 Å². The van der Waals surface area contributed by atoms with E-state index >= 15 is 0 Å². The molecule has 3 rings (SSSR count). The van der Waals surface area contributed by atoms with E-state index in [-0.39, 0.29) is 20.0 Å². The number of sulfonamides is 1. The smallest absolute Gasteiger partial charge is 0.244 e. The summed E-state index contributed by atoms with van der Waals surface area (Å²) in [5.74, 6) is 0.585. The minimum atomic E-state index is -3.75. The molecule has 2 aromatic rings. The molecule has 1 aliphatic rings. The van der Waals surface area contributed by atoms with Gasteiger partial charge in [-0.3, -0.25) is 0 Å². The quantitative estimate of drug-likeness (QED) is 0.732. The fraction of sp³-hybridized carbons (Fsp3) is 0.286. The number of halogens is 3. The molecule has 6 nitrogen and oxygen atoms in total. The molecule has 0 unspecified atom stereocenters. The zero-order valence-electron chi connectivity index (χ0n) is 12.4. The van der Waals surface area contributed by atoms with Crippen LogP contribution in [0.3, 0.4) is 0 Å². The molecule has 10 heteroatoms. The predicted molar refractivity (Wildman–Crippen MR) is 94.5 cm³/mol. The first-order valence-corrected chi connectivity index (χ1v) is 9.63. The zero-order valence-corrected chi connectivity index (χ0v) is 15.4. The van der Waals surface area contributed by atoms with E-state index in [0.717, 1.165) is 0 Å². The minimum absolute atomic E-state index is 0.0389. The van der Waals surface area contributed by atoms with Gasteiger partial charge in [-0.25, -0.2) is 18.4 Å². The topological polar surface area (TPSA) is 66.4 Å². The highest BCUT2D eigenvalue weighted by Crippen LogP contribution is 2.33. The molecule has 0 amide bonds. The summed E-state index contributed by atoms with van der Waals surface area (Å²) in [6.07, 6.45) is 3.31. The van der Waals surface area contributed by atoms with E-state index < -0.39 is 10.0 Å². The van der Waals surface area contributed by atoms with Crippen LogP contribution in [0, 0.1) is 0 Å². The van der Waals surface area contributed by atoms with Crippen molar-refractivity contribution in [2.75, 3.05) is 31.1 Å². The molecule has 0 atom stereocenters. The highest BCUT2D eigenvalue weighted by molar-refractivity contribution is 7.89. The van der Waals surface area contributed by atoms with Crippen LogP contribution < -0.4 is 4.90 Å². The third-order valence-electron chi connectivity index (χ3n) is 3.67. The maximum atomic E-state index is 12.8. The molecule has 1 aliphatic heterocycles. The number of nitrogens with zero attached hydrogens (tertiary/aromatic N) is 4. The van der Waals surface area contributed by atoms with E-state index in [9.17, 15) is 8.42 Å². The van der Waals surface area contributed by atoms with Gasteiger partial charge in [-0.15, -0.1) is 0 Å². The van der Waals surface area contributed by atoms with Crippen molar-refractivity contribution in [1.82, 2.24) is 14.3 Å². The maximum absolute atomic E-state index is 12.8. The fourth-order valence-electron chi connectivity index (χ4n) is 2.42. The SMILES string of the molecule is O=S(=O)(c1cc(Cl)c(Cl)cc1Cl)N1CCN(c2ncccn2)CC1. The molecule has 0 N–H and O–H groups in total. The Labute approximate surface area is 155 Å². The Kier molecular flexibility index (Phi) is 5.17. The van der Waals surface area contributed by atoms with E-state index in [1.54, 1.807) is 18.5 Å².